The molecule has 0 saturated heterocycles. The van der Waals surface area contributed by atoms with Crippen molar-refractivity contribution in [1.29, 1.82) is 0 Å². The molecule has 0 fully saturated rings. The number of anilines is 1. The Labute approximate surface area is 147 Å². The number of ether oxygens (including phenoxy) is 1. The molecule has 0 radical (unpaired) electrons. The second-order valence-electron chi connectivity index (χ2n) is 5.24. The highest BCUT2D eigenvalue weighted by Crippen LogP contribution is 2.28. The lowest BCUT2D eigenvalue weighted by Gasteiger charge is -2.04. The number of rotatable bonds is 5. The van der Waals surface area contributed by atoms with Crippen LogP contribution in [0.1, 0.15) is 23.9 Å². The largest absolute Gasteiger partial charge is 0.504 e. The van der Waals surface area contributed by atoms with Gasteiger partial charge in [-0.1, -0.05) is 11.3 Å². The van der Waals surface area contributed by atoms with Crippen molar-refractivity contribution in [1.82, 2.24) is 25.3 Å². The molecule has 0 amide bonds. The third-order valence-corrected chi connectivity index (χ3v) is 3.59. The minimum absolute atomic E-state index is 0.0114. The number of methoxy groups -OCH3 is 1. The molecule has 26 heavy (non-hydrogen) atoms. The molecular formula is C15H16N8O3. The number of nitrogens with two attached hydrogens (primary N) is 1. The number of phenolic OH excluding ortho intramolecular Hbond substituents is 1. The Kier molecular flexibility index (Phi) is 4.60. The molecule has 11 heteroatoms. The quantitative estimate of drug-likeness (QED) is 0.509. The van der Waals surface area contributed by atoms with E-state index in [1.54, 1.807) is 32.0 Å². The lowest BCUT2D eigenvalue weighted by molar-refractivity contribution is 0.306. The molecule has 0 aliphatic heterocycles. The Morgan fingerprint density at radius 2 is 2.19 bits per heavy atom. The van der Waals surface area contributed by atoms with E-state index in [-0.39, 0.29) is 17.4 Å². The molecule has 0 unspecified atom stereocenters. The number of para-hydroxylation sites is 1. The van der Waals surface area contributed by atoms with Crippen molar-refractivity contribution < 1.29 is 14.5 Å². The number of nitrogens with zero attached hydrogens (tertiary/aromatic N) is 7. The molecule has 0 atom stereocenters. The zero-order valence-electron chi connectivity index (χ0n) is 14.3. The maximum Gasteiger partial charge on any atom is 0.243 e. The molecule has 2 heterocycles. The van der Waals surface area contributed by atoms with E-state index in [4.69, 9.17) is 10.5 Å². The summed E-state index contributed by atoms with van der Waals surface area (Å²) in [5, 5.41) is 33.3. The van der Waals surface area contributed by atoms with Crippen LogP contribution in [0.25, 0.3) is 5.82 Å². The Morgan fingerprint density at radius 1 is 1.38 bits per heavy atom. The van der Waals surface area contributed by atoms with Gasteiger partial charge in [0.05, 0.1) is 24.7 Å². The monoisotopic (exact) mass is 356 g/mol. The number of hydrogen-bond acceptors (Lipinski definition) is 10. The summed E-state index contributed by atoms with van der Waals surface area (Å²) in [7, 11) is 1.47. The van der Waals surface area contributed by atoms with Crippen molar-refractivity contribution in [3.63, 3.8) is 0 Å². The van der Waals surface area contributed by atoms with Crippen LogP contribution >= 0.6 is 0 Å². The van der Waals surface area contributed by atoms with Crippen LogP contribution in [0.15, 0.2) is 33.0 Å². The minimum Gasteiger partial charge on any atom is -0.504 e. The molecule has 134 valence electrons. The van der Waals surface area contributed by atoms with Crippen molar-refractivity contribution in [3.05, 3.63) is 35.2 Å². The Hall–Kier alpha value is -3.76. The Balaban J connectivity index is 1.85. The molecule has 3 rings (SSSR count). The summed E-state index contributed by atoms with van der Waals surface area (Å²) in [6.45, 7) is 3.51. The first-order valence-electron chi connectivity index (χ1n) is 7.47. The van der Waals surface area contributed by atoms with Crippen LogP contribution in [-0.4, -0.2) is 49.4 Å². The fourth-order valence-electron chi connectivity index (χ4n) is 2.24. The Morgan fingerprint density at radius 3 is 2.88 bits per heavy atom. The summed E-state index contributed by atoms with van der Waals surface area (Å²) in [4.78, 5) is 0. The van der Waals surface area contributed by atoms with Crippen LogP contribution < -0.4 is 10.5 Å². The van der Waals surface area contributed by atoms with Crippen LogP contribution in [0.2, 0.25) is 0 Å². The third kappa shape index (κ3) is 3.09. The van der Waals surface area contributed by atoms with Gasteiger partial charge < -0.3 is 15.6 Å². The average molecular weight is 356 g/mol. The summed E-state index contributed by atoms with van der Waals surface area (Å²) in [5.74, 6) is 0.694. The predicted molar refractivity (Wildman–Crippen MR) is 92.8 cm³/mol. The van der Waals surface area contributed by atoms with Crippen LogP contribution in [0, 0.1) is 6.92 Å². The first-order valence-corrected chi connectivity index (χ1v) is 7.47. The summed E-state index contributed by atoms with van der Waals surface area (Å²) >= 11 is 0. The summed E-state index contributed by atoms with van der Waals surface area (Å²) < 4.78 is 11.0. The topological polar surface area (TPSA) is 150 Å². The second-order valence-corrected chi connectivity index (χ2v) is 5.24. The molecule has 2 aromatic heterocycles. The highest BCUT2D eigenvalue weighted by molar-refractivity contribution is 5.98. The second kappa shape index (κ2) is 7.01. The predicted octanol–water partition coefficient (Wildman–Crippen LogP) is 1.10. The van der Waals surface area contributed by atoms with Crippen LogP contribution in [-0.2, 0) is 0 Å². The first-order chi connectivity index (χ1) is 12.5. The van der Waals surface area contributed by atoms with E-state index in [1.165, 1.54) is 18.0 Å². The molecule has 0 aliphatic rings. The lowest BCUT2D eigenvalue weighted by atomic mass is 10.2. The molecule has 1 aromatic carbocycles. The number of hydrogen-bond donors (Lipinski definition) is 2. The molecule has 0 bridgehead atoms. The summed E-state index contributed by atoms with van der Waals surface area (Å²) in [5.41, 5.74) is 7.82. The summed E-state index contributed by atoms with van der Waals surface area (Å²) in [6.07, 6.45) is 1.42. The smallest absolute Gasteiger partial charge is 0.243 e. The van der Waals surface area contributed by atoms with E-state index in [0.29, 0.717) is 28.4 Å². The van der Waals surface area contributed by atoms with Gasteiger partial charge in [-0.2, -0.15) is 14.9 Å². The Bertz CT molecular complexity index is 989. The highest BCUT2D eigenvalue weighted by atomic mass is 16.6. The van der Waals surface area contributed by atoms with Gasteiger partial charge in [0.1, 0.15) is 5.69 Å². The molecule has 3 N–H and O–H groups in total. The zero-order chi connectivity index (χ0) is 18.7. The third-order valence-electron chi connectivity index (χ3n) is 3.59. The highest BCUT2D eigenvalue weighted by Gasteiger charge is 2.17. The van der Waals surface area contributed by atoms with E-state index < -0.39 is 0 Å². The van der Waals surface area contributed by atoms with Crippen molar-refractivity contribution in [2.24, 2.45) is 10.2 Å². The number of nitrogen functional groups attached to an aromatic ring is 1. The van der Waals surface area contributed by atoms with Gasteiger partial charge in [-0.15, -0.1) is 5.10 Å². The molecular weight excluding hydrogens is 340 g/mol. The first kappa shape index (κ1) is 17.1. The normalized spacial score (nSPS) is 12.0. The fourth-order valence-corrected chi connectivity index (χ4v) is 2.24. The van der Waals surface area contributed by atoms with E-state index in [2.05, 4.69) is 35.5 Å². The fraction of sp³-hybridized carbons (Fsp3) is 0.200. The van der Waals surface area contributed by atoms with Crippen LogP contribution in [0.5, 0.6) is 11.5 Å². The number of aromatic hydroxyl groups is 1. The molecule has 0 saturated carbocycles. The van der Waals surface area contributed by atoms with E-state index in [9.17, 15) is 5.11 Å². The van der Waals surface area contributed by atoms with Gasteiger partial charge in [-0.25, -0.2) is 4.63 Å². The maximum absolute atomic E-state index is 10.0. The molecule has 0 spiro atoms. The lowest BCUT2D eigenvalue weighted by Crippen LogP contribution is -2.04. The van der Waals surface area contributed by atoms with Crippen molar-refractivity contribution in [2.45, 2.75) is 13.8 Å². The maximum atomic E-state index is 10.0. The van der Waals surface area contributed by atoms with Crippen LogP contribution in [0.3, 0.4) is 0 Å². The van der Waals surface area contributed by atoms with Gasteiger partial charge in [0.15, 0.2) is 11.5 Å². The van der Waals surface area contributed by atoms with Crippen molar-refractivity contribution >= 4 is 17.7 Å². The van der Waals surface area contributed by atoms with E-state index in [1.807, 2.05) is 0 Å². The zero-order valence-corrected chi connectivity index (χ0v) is 14.3. The minimum atomic E-state index is -0.0114. The van der Waals surface area contributed by atoms with E-state index >= 15 is 0 Å². The van der Waals surface area contributed by atoms with Crippen molar-refractivity contribution in [2.75, 3.05) is 12.8 Å². The van der Waals surface area contributed by atoms with Gasteiger partial charge in [0.25, 0.3) is 0 Å². The van der Waals surface area contributed by atoms with Gasteiger partial charge in [-0.05, 0) is 36.3 Å². The number of phenols is 1. The molecule has 11 nitrogen and oxygen atoms in total. The van der Waals surface area contributed by atoms with Gasteiger partial charge in [0, 0.05) is 5.56 Å². The summed E-state index contributed by atoms with van der Waals surface area (Å²) in [6, 6.07) is 5.07. The van der Waals surface area contributed by atoms with Gasteiger partial charge >= 0.3 is 0 Å². The SMILES string of the molecule is COc1cccc(/C=N/N=C(\C)c2nnn(-c3nonc3N)c2C)c1O. The molecule has 0 aliphatic carbocycles. The standard InChI is InChI=1S/C15H16N8O3/c1-8(18-17-7-10-5-4-6-11(25-3)13(10)24)12-9(2)23(22-19-12)15-14(16)20-26-21-15/h4-7,24H,1-3H3,(H2,16,20)/b17-7+,18-8+. The molecule has 3 aromatic rings. The van der Waals surface area contributed by atoms with Gasteiger partial charge in [-0.3, -0.25) is 0 Å². The average Bonchev–Trinajstić information content (AvgIpc) is 3.21. The van der Waals surface area contributed by atoms with Gasteiger partial charge in [0.2, 0.25) is 11.6 Å². The van der Waals surface area contributed by atoms with Crippen LogP contribution in [0.4, 0.5) is 5.82 Å². The van der Waals surface area contributed by atoms with Crippen molar-refractivity contribution in [3.8, 4) is 17.3 Å². The number of aromatic nitrogens is 5. The van der Waals surface area contributed by atoms with E-state index in [0.717, 1.165) is 0 Å². The number of benzene rings is 1.